The Morgan fingerprint density at radius 1 is 1.14 bits per heavy atom. The Labute approximate surface area is 173 Å². The Kier molecular flexibility index (Phi) is 6.36. The Morgan fingerprint density at radius 3 is 2.48 bits per heavy atom. The second-order valence-corrected chi connectivity index (χ2v) is 8.46. The number of carbonyl (C=O) groups excluding carboxylic acids is 1. The van der Waals surface area contributed by atoms with Crippen LogP contribution in [0.15, 0.2) is 70.2 Å². The number of benzene rings is 2. The minimum absolute atomic E-state index is 0.0143. The highest BCUT2D eigenvalue weighted by Gasteiger charge is 2.18. The van der Waals surface area contributed by atoms with Crippen molar-refractivity contribution in [1.29, 1.82) is 0 Å². The molecule has 2 aromatic carbocycles. The summed E-state index contributed by atoms with van der Waals surface area (Å²) in [6.07, 6.45) is 1.45. The van der Waals surface area contributed by atoms with Crippen LogP contribution in [0.5, 0.6) is 0 Å². The summed E-state index contributed by atoms with van der Waals surface area (Å²) in [5.74, 6) is -0.410. The van der Waals surface area contributed by atoms with Gasteiger partial charge in [0.15, 0.2) is 0 Å². The third-order valence-corrected chi connectivity index (χ3v) is 6.00. The van der Waals surface area contributed by atoms with E-state index in [9.17, 15) is 17.6 Å². The molecule has 6 nitrogen and oxygen atoms in total. The minimum atomic E-state index is -3.76. The molecule has 0 saturated heterocycles. The quantitative estimate of drug-likeness (QED) is 0.610. The average molecular weight is 437 g/mol. The molecule has 3 rings (SSSR count). The van der Waals surface area contributed by atoms with E-state index in [0.717, 1.165) is 0 Å². The van der Waals surface area contributed by atoms with Gasteiger partial charge in [-0.25, -0.2) is 17.5 Å². The molecule has 0 unspecified atom stereocenters. The van der Waals surface area contributed by atoms with Gasteiger partial charge in [0.25, 0.3) is 5.91 Å². The molecule has 152 valence electrons. The number of furan rings is 1. The molecule has 1 aromatic heterocycles. The van der Waals surface area contributed by atoms with Gasteiger partial charge in [-0.1, -0.05) is 17.7 Å². The highest BCUT2D eigenvalue weighted by Crippen LogP contribution is 2.21. The van der Waals surface area contributed by atoms with Gasteiger partial charge >= 0.3 is 0 Å². The van der Waals surface area contributed by atoms with Crippen molar-refractivity contribution in [3.8, 4) is 0 Å². The molecule has 1 amide bonds. The molecule has 9 heteroatoms. The van der Waals surface area contributed by atoms with Crippen molar-refractivity contribution < 1.29 is 22.0 Å². The largest absolute Gasteiger partial charge is 0.468 e. The third-order valence-electron chi connectivity index (χ3n) is 4.23. The zero-order chi connectivity index (χ0) is 21.0. The molecule has 0 spiro atoms. The minimum Gasteiger partial charge on any atom is -0.468 e. The van der Waals surface area contributed by atoms with Crippen LogP contribution < -0.4 is 4.72 Å². The van der Waals surface area contributed by atoms with Gasteiger partial charge in [-0.15, -0.1) is 0 Å². The topological polar surface area (TPSA) is 79.6 Å². The molecule has 1 heterocycles. The van der Waals surface area contributed by atoms with E-state index in [1.165, 1.54) is 54.6 Å². The van der Waals surface area contributed by atoms with E-state index < -0.39 is 21.7 Å². The van der Waals surface area contributed by atoms with Gasteiger partial charge in [0.05, 0.1) is 17.7 Å². The lowest BCUT2D eigenvalue weighted by atomic mass is 10.1. The van der Waals surface area contributed by atoms with Crippen molar-refractivity contribution in [2.24, 2.45) is 0 Å². The molecule has 0 radical (unpaired) electrons. The van der Waals surface area contributed by atoms with Crippen LogP contribution in [-0.4, -0.2) is 26.3 Å². The van der Waals surface area contributed by atoms with Crippen molar-refractivity contribution in [2.75, 3.05) is 7.05 Å². The van der Waals surface area contributed by atoms with E-state index in [2.05, 4.69) is 4.72 Å². The summed E-state index contributed by atoms with van der Waals surface area (Å²) >= 11 is 6.00. The van der Waals surface area contributed by atoms with Crippen LogP contribution in [0.4, 0.5) is 4.39 Å². The molecular weight excluding hydrogens is 419 g/mol. The lowest BCUT2D eigenvalue weighted by molar-refractivity contribution is 0.0784. The molecule has 0 aliphatic rings. The van der Waals surface area contributed by atoms with Gasteiger partial charge < -0.3 is 9.32 Å². The van der Waals surface area contributed by atoms with Crippen LogP contribution in [0.2, 0.25) is 5.02 Å². The molecule has 0 saturated carbocycles. The van der Waals surface area contributed by atoms with Crippen LogP contribution in [-0.2, 0) is 23.1 Å². The molecule has 0 bridgehead atoms. The van der Waals surface area contributed by atoms with Crippen molar-refractivity contribution in [2.45, 2.75) is 18.0 Å². The molecule has 29 heavy (non-hydrogen) atoms. The second-order valence-electron chi connectivity index (χ2n) is 6.29. The van der Waals surface area contributed by atoms with Gasteiger partial charge in [-0.05, 0) is 48.5 Å². The number of hydrogen-bond acceptors (Lipinski definition) is 4. The maximum absolute atomic E-state index is 13.9. The summed E-state index contributed by atoms with van der Waals surface area (Å²) in [4.78, 5) is 13.9. The molecular formula is C20H18ClFN2O4S. The summed E-state index contributed by atoms with van der Waals surface area (Å²) in [6, 6.07) is 13.1. The molecule has 3 aromatic rings. The number of halogens is 2. The van der Waals surface area contributed by atoms with Crippen LogP contribution in [0.1, 0.15) is 21.7 Å². The fourth-order valence-electron chi connectivity index (χ4n) is 2.65. The van der Waals surface area contributed by atoms with E-state index in [1.54, 1.807) is 18.2 Å². The third kappa shape index (κ3) is 5.03. The highest BCUT2D eigenvalue weighted by atomic mass is 35.5. The Bertz CT molecular complexity index is 1080. The maximum Gasteiger partial charge on any atom is 0.253 e. The zero-order valence-electron chi connectivity index (χ0n) is 15.4. The summed E-state index contributed by atoms with van der Waals surface area (Å²) in [7, 11) is -2.25. The molecule has 0 aliphatic carbocycles. The predicted octanol–water partition coefficient (Wildman–Crippen LogP) is 3.82. The van der Waals surface area contributed by atoms with E-state index in [-0.39, 0.29) is 34.1 Å². The SMILES string of the molecule is CN(Cc1c(F)cccc1Cl)C(=O)c1ccc(S(=O)(=O)NCc2ccco2)cc1. The van der Waals surface area contributed by atoms with Crippen molar-refractivity contribution in [3.63, 3.8) is 0 Å². The van der Waals surface area contributed by atoms with E-state index >= 15 is 0 Å². The number of amides is 1. The Hall–Kier alpha value is -2.68. The number of hydrogen-bond donors (Lipinski definition) is 1. The zero-order valence-corrected chi connectivity index (χ0v) is 17.0. The standard InChI is InChI=1S/C20H18ClFN2O4S/c1-24(13-17-18(21)5-2-6-19(17)22)20(25)14-7-9-16(10-8-14)29(26,27)23-12-15-4-3-11-28-15/h2-11,23H,12-13H2,1H3. The number of nitrogens with one attached hydrogen (secondary N) is 1. The first-order chi connectivity index (χ1) is 13.8. The number of carbonyl (C=O) groups is 1. The van der Waals surface area contributed by atoms with Crippen molar-refractivity contribution in [3.05, 3.63) is 88.6 Å². The van der Waals surface area contributed by atoms with Crippen LogP contribution in [0, 0.1) is 5.82 Å². The van der Waals surface area contributed by atoms with Crippen molar-refractivity contribution >= 4 is 27.5 Å². The van der Waals surface area contributed by atoms with Gasteiger partial charge in [-0.2, -0.15) is 0 Å². The Morgan fingerprint density at radius 2 is 1.86 bits per heavy atom. The van der Waals surface area contributed by atoms with Crippen molar-refractivity contribution in [1.82, 2.24) is 9.62 Å². The monoisotopic (exact) mass is 436 g/mol. The summed E-state index contributed by atoms with van der Waals surface area (Å²) < 4.78 is 46.2. The fourth-order valence-corrected chi connectivity index (χ4v) is 3.87. The summed E-state index contributed by atoms with van der Waals surface area (Å²) in [5, 5.41) is 0.230. The first-order valence-corrected chi connectivity index (χ1v) is 10.4. The van der Waals surface area contributed by atoms with Gasteiger partial charge in [0, 0.05) is 29.7 Å². The smallest absolute Gasteiger partial charge is 0.253 e. The highest BCUT2D eigenvalue weighted by molar-refractivity contribution is 7.89. The van der Waals surface area contributed by atoms with Gasteiger partial charge in [0.2, 0.25) is 10.0 Å². The van der Waals surface area contributed by atoms with Crippen LogP contribution in [0.3, 0.4) is 0 Å². The molecule has 0 fully saturated rings. The fraction of sp³-hybridized carbons (Fsp3) is 0.150. The predicted molar refractivity (Wildman–Crippen MR) is 106 cm³/mol. The van der Waals surface area contributed by atoms with E-state index in [4.69, 9.17) is 16.0 Å². The van der Waals surface area contributed by atoms with E-state index in [1.807, 2.05) is 0 Å². The number of nitrogens with zero attached hydrogens (tertiary/aromatic N) is 1. The first-order valence-electron chi connectivity index (χ1n) is 8.58. The average Bonchev–Trinajstić information content (AvgIpc) is 3.22. The number of sulfonamides is 1. The van der Waals surface area contributed by atoms with Crippen LogP contribution in [0.25, 0.3) is 0 Å². The second kappa shape index (κ2) is 8.77. The lowest BCUT2D eigenvalue weighted by Gasteiger charge is -2.18. The molecule has 0 atom stereocenters. The summed E-state index contributed by atoms with van der Waals surface area (Å²) in [6.45, 7) is -0.00273. The normalized spacial score (nSPS) is 11.4. The maximum atomic E-state index is 13.9. The Balaban J connectivity index is 1.69. The van der Waals surface area contributed by atoms with Gasteiger partial charge in [-0.3, -0.25) is 4.79 Å². The van der Waals surface area contributed by atoms with E-state index in [0.29, 0.717) is 5.76 Å². The molecule has 1 N–H and O–H groups in total. The summed E-state index contributed by atoms with van der Waals surface area (Å²) in [5.41, 5.74) is 0.483. The first kappa shape index (κ1) is 21.0. The van der Waals surface area contributed by atoms with Gasteiger partial charge in [0.1, 0.15) is 11.6 Å². The lowest BCUT2D eigenvalue weighted by Crippen LogP contribution is -2.27. The molecule has 0 aliphatic heterocycles. The number of rotatable bonds is 7. The van der Waals surface area contributed by atoms with Crippen LogP contribution >= 0.6 is 11.6 Å².